The van der Waals surface area contributed by atoms with Crippen molar-refractivity contribution in [2.75, 3.05) is 0 Å². The van der Waals surface area contributed by atoms with E-state index in [-0.39, 0.29) is 0 Å². The van der Waals surface area contributed by atoms with Crippen molar-refractivity contribution in [1.82, 2.24) is 0 Å². The van der Waals surface area contributed by atoms with Crippen molar-refractivity contribution in [3.8, 4) is 0 Å². The van der Waals surface area contributed by atoms with Gasteiger partial charge in [0.25, 0.3) is 0 Å². The zero-order valence-corrected chi connectivity index (χ0v) is 9.31. The Labute approximate surface area is 99.5 Å². The van der Waals surface area contributed by atoms with Crippen LogP contribution in [0.15, 0.2) is 43.5 Å². The molecular weight excluding hydrogens is 212 g/mol. The number of aromatic carboxylic acids is 1. The van der Waals surface area contributed by atoms with Crippen molar-refractivity contribution < 1.29 is 9.90 Å². The number of hydrogen-bond donors (Lipinski definition) is 1. The van der Waals surface area contributed by atoms with Gasteiger partial charge in [-0.05, 0) is 34.0 Å². The second kappa shape index (κ2) is 4.26. The topological polar surface area (TPSA) is 37.3 Å². The van der Waals surface area contributed by atoms with E-state index < -0.39 is 5.97 Å². The Kier molecular flexibility index (Phi) is 2.79. The largest absolute Gasteiger partial charge is 0.478 e. The van der Waals surface area contributed by atoms with Gasteiger partial charge in [-0.15, -0.1) is 0 Å². The van der Waals surface area contributed by atoms with Crippen LogP contribution in [0.5, 0.6) is 0 Å². The van der Waals surface area contributed by atoms with Crippen LogP contribution in [0.3, 0.4) is 0 Å². The fourth-order valence-corrected chi connectivity index (χ4v) is 1.88. The van der Waals surface area contributed by atoms with E-state index >= 15 is 0 Å². The summed E-state index contributed by atoms with van der Waals surface area (Å²) in [5.74, 6) is -0.924. The molecule has 17 heavy (non-hydrogen) atoms. The Balaban J connectivity index is 2.90. The van der Waals surface area contributed by atoms with Crippen molar-refractivity contribution in [2.45, 2.75) is 0 Å². The third-order valence-electron chi connectivity index (χ3n) is 2.76. The maximum Gasteiger partial charge on any atom is 0.336 e. The van der Waals surface area contributed by atoms with Crippen LogP contribution in [0.2, 0.25) is 0 Å². The predicted octanol–water partition coefficient (Wildman–Crippen LogP) is 3.82. The molecule has 0 spiro atoms. The SMILES string of the molecule is C=Cc1ccc2c(C=C)ccc(C(=O)O)c2c1. The highest BCUT2D eigenvalue weighted by Crippen LogP contribution is 2.25. The van der Waals surface area contributed by atoms with Crippen LogP contribution >= 0.6 is 0 Å². The fourth-order valence-electron chi connectivity index (χ4n) is 1.88. The van der Waals surface area contributed by atoms with Crippen molar-refractivity contribution in [3.63, 3.8) is 0 Å². The first-order valence-corrected chi connectivity index (χ1v) is 5.22. The van der Waals surface area contributed by atoms with E-state index in [1.165, 1.54) is 0 Å². The second-order valence-electron chi connectivity index (χ2n) is 3.72. The van der Waals surface area contributed by atoms with E-state index in [0.717, 1.165) is 16.5 Å². The number of carboxylic acid groups (broad SMARTS) is 1. The molecule has 0 radical (unpaired) electrons. The number of carbonyl (C=O) groups is 1. The molecule has 0 atom stereocenters. The highest BCUT2D eigenvalue weighted by Gasteiger charge is 2.10. The predicted molar refractivity (Wildman–Crippen MR) is 71.1 cm³/mol. The van der Waals surface area contributed by atoms with Gasteiger partial charge in [-0.1, -0.05) is 43.5 Å². The molecule has 2 aromatic rings. The average molecular weight is 224 g/mol. The molecule has 0 fully saturated rings. The van der Waals surface area contributed by atoms with Crippen molar-refractivity contribution in [2.24, 2.45) is 0 Å². The standard InChI is InChI=1S/C15H12O2/c1-3-10-5-7-12-11(4-2)6-8-13(15(16)17)14(12)9-10/h3-9H,1-2H2,(H,16,17). The van der Waals surface area contributed by atoms with Gasteiger partial charge < -0.3 is 5.11 Å². The Hall–Kier alpha value is -2.35. The number of hydrogen-bond acceptors (Lipinski definition) is 1. The Morgan fingerprint density at radius 3 is 2.41 bits per heavy atom. The smallest absolute Gasteiger partial charge is 0.336 e. The lowest BCUT2D eigenvalue weighted by Crippen LogP contribution is -1.98. The fraction of sp³-hybridized carbons (Fsp3) is 0. The van der Waals surface area contributed by atoms with Crippen LogP contribution < -0.4 is 0 Å². The zero-order chi connectivity index (χ0) is 12.4. The number of fused-ring (bicyclic) bond motifs is 1. The summed E-state index contributed by atoms with van der Waals surface area (Å²) in [6.07, 6.45) is 3.42. The summed E-state index contributed by atoms with van der Waals surface area (Å²) in [5.41, 5.74) is 2.14. The molecule has 2 aromatic carbocycles. The van der Waals surface area contributed by atoms with Crippen LogP contribution in [0.1, 0.15) is 21.5 Å². The van der Waals surface area contributed by atoms with Gasteiger partial charge in [-0.25, -0.2) is 4.79 Å². The number of rotatable bonds is 3. The molecule has 0 unspecified atom stereocenters. The normalized spacial score (nSPS) is 10.1. The van der Waals surface area contributed by atoms with Crippen molar-refractivity contribution >= 4 is 28.9 Å². The minimum absolute atomic E-state index is 0.300. The molecule has 0 saturated carbocycles. The number of carboxylic acids is 1. The molecule has 0 aliphatic rings. The van der Waals surface area contributed by atoms with Gasteiger partial charge in [-0.2, -0.15) is 0 Å². The molecule has 1 N–H and O–H groups in total. The monoisotopic (exact) mass is 224 g/mol. The van der Waals surface area contributed by atoms with Gasteiger partial charge in [0.2, 0.25) is 0 Å². The summed E-state index contributed by atoms with van der Waals surface area (Å²) < 4.78 is 0. The molecule has 0 aliphatic heterocycles. The average Bonchev–Trinajstić information content (AvgIpc) is 2.36. The van der Waals surface area contributed by atoms with Crippen LogP contribution in [-0.2, 0) is 0 Å². The first kappa shape index (κ1) is 11.1. The third-order valence-corrected chi connectivity index (χ3v) is 2.76. The molecule has 0 heterocycles. The van der Waals surface area contributed by atoms with Crippen LogP contribution in [-0.4, -0.2) is 11.1 Å². The third kappa shape index (κ3) is 1.85. The summed E-state index contributed by atoms with van der Waals surface area (Å²) >= 11 is 0. The maximum atomic E-state index is 11.2. The molecule has 2 rings (SSSR count). The molecular formula is C15H12O2. The highest BCUT2D eigenvalue weighted by molar-refractivity contribution is 6.06. The number of benzene rings is 2. The second-order valence-corrected chi connectivity index (χ2v) is 3.72. The lowest BCUT2D eigenvalue weighted by atomic mass is 9.97. The lowest BCUT2D eigenvalue weighted by molar-refractivity contribution is 0.0699. The van der Waals surface area contributed by atoms with Gasteiger partial charge in [0.15, 0.2) is 0 Å². The highest BCUT2D eigenvalue weighted by atomic mass is 16.4. The van der Waals surface area contributed by atoms with Crippen LogP contribution in [0.4, 0.5) is 0 Å². The van der Waals surface area contributed by atoms with Crippen molar-refractivity contribution in [1.29, 1.82) is 0 Å². The Morgan fingerprint density at radius 2 is 1.82 bits per heavy atom. The van der Waals surface area contributed by atoms with E-state index in [2.05, 4.69) is 13.2 Å². The summed E-state index contributed by atoms with van der Waals surface area (Å²) in [5, 5.41) is 10.8. The van der Waals surface area contributed by atoms with E-state index in [9.17, 15) is 4.79 Å². The molecule has 0 bridgehead atoms. The minimum Gasteiger partial charge on any atom is -0.478 e. The maximum absolute atomic E-state index is 11.2. The van der Waals surface area contributed by atoms with E-state index in [1.807, 2.05) is 18.2 Å². The molecule has 2 nitrogen and oxygen atoms in total. The first-order valence-electron chi connectivity index (χ1n) is 5.22. The quantitative estimate of drug-likeness (QED) is 0.860. The summed E-state index contributed by atoms with van der Waals surface area (Å²) in [4.78, 5) is 11.2. The van der Waals surface area contributed by atoms with Gasteiger partial charge >= 0.3 is 5.97 Å². The van der Waals surface area contributed by atoms with Crippen molar-refractivity contribution in [3.05, 3.63) is 60.2 Å². The molecule has 0 saturated heterocycles. The minimum atomic E-state index is -0.924. The van der Waals surface area contributed by atoms with Crippen LogP contribution in [0, 0.1) is 0 Å². The van der Waals surface area contributed by atoms with Gasteiger partial charge in [-0.3, -0.25) is 0 Å². The van der Waals surface area contributed by atoms with E-state index in [4.69, 9.17) is 5.11 Å². The van der Waals surface area contributed by atoms with Gasteiger partial charge in [0.1, 0.15) is 0 Å². The molecule has 0 amide bonds. The molecule has 0 aromatic heterocycles. The summed E-state index contributed by atoms with van der Waals surface area (Å²) in [6.45, 7) is 7.42. The Bertz CT molecular complexity index is 624. The lowest BCUT2D eigenvalue weighted by Gasteiger charge is -2.07. The molecule has 0 aliphatic carbocycles. The van der Waals surface area contributed by atoms with Gasteiger partial charge in [0, 0.05) is 0 Å². The van der Waals surface area contributed by atoms with Crippen LogP contribution in [0.25, 0.3) is 22.9 Å². The Morgan fingerprint density at radius 1 is 1.06 bits per heavy atom. The van der Waals surface area contributed by atoms with E-state index in [1.54, 1.807) is 24.3 Å². The zero-order valence-electron chi connectivity index (χ0n) is 9.31. The first-order chi connectivity index (χ1) is 8.17. The van der Waals surface area contributed by atoms with E-state index in [0.29, 0.717) is 10.9 Å². The van der Waals surface area contributed by atoms with Gasteiger partial charge in [0.05, 0.1) is 5.56 Å². The summed E-state index contributed by atoms with van der Waals surface area (Å²) in [6, 6.07) is 9.02. The summed E-state index contributed by atoms with van der Waals surface area (Å²) in [7, 11) is 0. The molecule has 84 valence electrons. The molecule has 2 heteroatoms.